The molecule has 20 heavy (non-hydrogen) atoms. The van der Waals surface area contributed by atoms with Crippen molar-refractivity contribution in [2.75, 3.05) is 0 Å². The highest BCUT2D eigenvalue weighted by atomic mass is 32.2. The predicted molar refractivity (Wildman–Crippen MR) is 86.1 cm³/mol. The lowest BCUT2D eigenvalue weighted by molar-refractivity contribution is 0.832. The second-order valence-electron chi connectivity index (χ2n) is 5.39. The van der Waals surface area contributed by atoms with Crippen LogP contribution in [0, 0.1) is 0 Å². The molecule has 0 radical (unpaired) electrons. The lowest BCUT2D eigenvalue weighted by atomic mass is 9.90. The molecule has 0 fully saturated rings. The zero-order chi connectivity index (χ0) is 13.4. The van der Waals surface area contributed by atoms with Crippen molar-refractivity contribution in [3.05, 3.63) is 88.4 Å². The Kier molecular flexibility index (Phi) is 3.00. The van der Waals surface area contributed by atoms with E-state index >= 15 is 0 Å². The van der Waals surface area contributed by atoms with Gasteiger partial charge in [0.1, 0.15) is 0 Å². The van der Waals surface area contributed by atoms with Crippen molar-refractivity contribution in [2.24, 2.45) is 0 Å². The van der Waals surface area contributed by atoms with Gasteiger partial charge >= 0.3 is 0 Å². The smallest absolute Gasteiger partial charge is 0.0199 e. The number of hydrogen-bond donors (Lipinski definition) is 0. The molecule has 1 atom stereocenters. The molecule has 1 heteroatoms. The molecule has 2 aromatic rings. The van der Waals surface area contributed by atoms with E-state index in [9.17, 15) is 0 Å². The summed E-state index contributed by atoms with van der Waals surface area (Å²) in [4.78, 5) is 3.01. The van der Waals surface area contributed by atoms with Gasteiger partial charge in [-0.05, 0) is 34.4 Å². The van der Waals surface area contributed by atoms with Crippen LogP contribution in [-0.4, -0.2) is 0 Å². The van der Waals surface area contributed by atoms with Gasteiger partial charge in [-0.15, -0.1) is 0 Å². The largest absolute Gasteiger partial charge is 0.0933 e. The van der Waals surface area contributed by atoms with Gasteiger partial charge in [-0.1, -0.05) is 78.5 Å². The van der Waals surface area contributed by atoms with Crippen molar-refractivity contribution in [3.63, 3.8) is 0 Å². The Bertz CT molecular complexity index is 695. The third kappa shape index (κ3) is 2.03. The molecule has 98 valence electrons. The monoisotopic (exact) mass is 276 g/mol. The van der Waals surface area contributed by atoms with Crippen LogP contribution < -0.4 is 0 Å². The average molecular weight is 276 g/mol. The van der Waals surface area contributed by atoms with Crippen molar-refractivity contribution in [2.45, 2.75) is 23.7 Å². The van der Waals surface area contributed by atoms with Crippen LogP contribution in [0.4, 0.5) is 0 Å². The van der Waals surface area contributed by atoms with Crippen LogP contribution in [0.2, 0.25) is 0 Å². The number of rotatable bonds is 2. The van der Waals surface area contributed by atoms with Crippen LogP contribution >= 0.6 is 11.8 Å². The number of hydrogen-bond acceptors (Lipinski definition) is 1. The van der Waals surface area contributed by atoms with Gasteiger partial charge in [0.05, 0.1) is 0 Å². The minimum absolute atomic E-state index is 0.607. The normalized spacial score (nSPS) is 19.4. The fraction of sp³-hybridized carbons (Fsp3) is 0.158. The molecular formula is C19H16S. The first-order chi connectivity index (χ1) is 9.92. The van der Waals surface area contributed by atoms with Gasteiger partial charge in [-0.2, -0.15) is 0 Å². The van der Waals surface area contributed by atoms with Crippen molar-refractivity contribution in [1.29, 1.82) is 0 Å². The van der Waals surface area contributed by atoms with Crippen molar-refractivity contribution in [3.8, 4) is 0 Å². The second kappa shape index (κ2) is 4.99. The quantitative estimate of drug-likeness (QED) is 0.716. The molecular weight excluding hydrogens is 260 g/mol. The van der Waals surface area contributed by atoms with Crippen molar-refractivity contribution in [1.82, 2.24) is 0 Å². The molecule has 0 N–H and O–H groups in total. The van der Waals surface area contributed by atoms with E-state index in [0.717, 1.165) is 12.8 Å². The number of allylic oxidation sites excluding steroid dienone is 4. The summed E-state index contributed by atoms with van der Waals surface area (Å²) in [5.74, 6) is 0.607. The summed E-state index contributed by atoms with van der Waals surface area (Å²) in [6.45, 7) is 0. The van der Waals surface area contributed by atoms with Crippen LogP contribution in [-0.2, 0) is 6.42 Å². The molecule has 0 nitrogen and oxygen atoms in total. The summed E-state index contributed by atoms with van der Waals surface area (Å²) >= 11 is 1.98. The van der Waals surface area contributed by atoms with Gasteiger partial charge in [0.2, 0.25) is 0 Å². The Morgan fingerprint density at radius 2 is 1.90 bits per heavy atom. The second-order valence-corrected chi connectivity index (χ2v) is 6.47. The summed E-state index contributed by atoms with van der Waals surface area (Å²) < 4.78 is 0. The Morgan fingerprint density at radius 3 is 2.80 bits per heavy atom. The molecule has 0 spiro atoms. The minimum Gasteiger partial charge on any atom is -0.0933 e. The molecule has 0 amide bonds. The fourth-order valence-electron chi connectivity index (χ4n) is 3.07. The molecule has 2 aliphatic rings. The van der Waals surface area contributed by atoms with E-state index < -0.39 is 0 Å². The van der Waals surface area contributed by atoms with E-state index in [1.165, 1.54) is 26.5 Å². The van der Waals surface area contributed by atoms with Gasteiger partial charge < -0.3 is 0 Å². The van der Waals surface area contributed by atoms with Gasteiger partial charge in [0.25, 0.3) is 0 Å². The average Bonchev–Trinajstić information content (AvgIpc) is 2.88. The fourth-order valence-corrected chi connectivity index (χ4v) is 4.42. The predicted octanol–water partition coefficient (Wildman–Crippen LogP) is 5.31. The first-order valence-corrected chi connectivity index (χ1v) is 7.94. The zero-order valence-corrected chi connectivity index (χ0v) is 12.1. The molecule has 2 aromatic carbocycles. The topological polar surface area (TPSA) is 0 Å². The third-order valence-electron chi connectivity index (χ3n) is 4.07. The van der Waals surface area contributed by atoms with E-state index in [1.54, 1.807) is 0 Å². The first kappa shape index (κ1) is 12.0. The van der Waals surface area contributed by atoms with Crippen LogP contribution in [0.3, 0.4) is 0 Å². The van der Waals surface area contributed by atoms with Gasteiger partial charge in [0.15, 0.2) is 0 Å². The number of thioether (sulfide) groups is 1. The Labute approximate surface area is 124 Å². The molecule has 0 saturated heterocycles. The first-order valence-electron chi connectivity index (χ1n) is 7.12. The standard InChI is InChI=1S/C19H16S/c1-2-7-14(8-3-1)13-15-9-6-11-17-16-10-4-5-12-18(16)20-19(15)17/h1-9,11-12,16H,10,13H2. The molecule has 0 saturated carbocycles. The molecule has 0 bridgehead atoms. The molecule has 1 unspecified atom stereocenters. The van der Waals surface area contributed by atoms with E-state index in [-0.39, 0.29) is 0 Å². The van der Waals surface area contributed by atoms with E-state index in [1.807, 2.05) is 11.8 Å². The highest BCUT2D eigenvalue weighted by Crippen LogP contribution is 2.52. The zero-order valence-electron chi connectivity index (χ0n) is 11.3. The van der Waals surface area contributed by atoms with E-state index in [4.69, 9.17) is 0 Å². The SMILES string of the molecule is C1=CCC2C(=C1)Sc1c(Cc3ccccc3)cccc12. The van der Waals surface area contributed by atoms with Crippen LogP contribution in [0.5, 0.6) is 0 Å². The Morgan fingerprint density at radius 1 is 1.00 bits per heavy atom. The lowest BCUT2D eigenvalue weighted by Gasteiger charge is -2.13. The number of benzene rings is 2. The van der Waals surface area contributed by atoms with Gasteiger partial charge in [-0.25, -0.2) is 0 Å². The highest BCUT2D eigenvalue weighted by Gasteiger charge is 2.29. The van der Waals surface area contributed by atoms with Crippen molar-refractivity contribution >= 4 is 11.8 Å². The van der Waals surface area contributed by atoms with Gasteiger partial charge in [-0.3, -0.25) is 0 Å². The Balaban J connectivity index is 1.72. The molecule has 1 aliphatic carbocycles. The van der Waals surface area contributed by atoms with Gasteiger partial charge in [0, 0.05) is 10.8 Å². The summed E-state index contributed by atoms with van der Waals surface area (Å²) in [5, 5.41) is 0. The Hall–Kier alpha value is -1.73. The molecule has 1 heterocycles. The molecule has 4 rings (SSSR count). The third-order valence-corrected chi connectivity index (χ3v) is 5.43. The maximum atomic E-state index is 2.31. The van der Waals surface area contributed by atoms with Crippen LogP contribution in [0.25, 0.3) is 0 Å². The summed E-state index contributed by atoms with van der Waals surface area (Å²) in [6, 6.07) is 17.6. The summed E-state index contributed by atoms with van der Waals surface area (Å²) in [7, 11) is 0. The summed E-state index contributed by atoms with van der Waals surface area (Å²) in [5.41, 5.74) is 4.39. The maximum Gasteiger partial charge on any atom is 0.0199 e. The van der Waals surface area contributed by atoms with Crippen LogP contribution in [0.1, 0.15) is 29.0 Å². The van der Waals surface area contributed by atoms with Crippen molar-refractivity contribution < 1.29 is 0 Å². The highest BCUT2D eigenvalue weighted by molar-refractivity contribution is 8.03. The van der Waals surface area contributed by atoms with E-state index in [0.29, 0.717) is 5.92 Å². The van der Waals surface area contributed by atoms with E-state index in [2.05, 4.69) is 66.8 Å². The number of fused-ring (bicyclic) bond motifs is 3. The molecule has 0 aromatic heterocycles. The summed E-state index contributed by atoms with van der Waals surface area (Å²) in [6.07, 6.45) is 8.95. The molecule has 1 aliphatic heterocycles. The lowest BCUT2D eigenvalue weighted by Crippen LogP contribution is -1.97. The minimum atomic E-state index is 0.607. The maximum absolute atomic E-state index is 2.31. The van der Waals surface area contributed by atoms with Crippen LogP contribution in [0.15, 0.2) is 76.6 Å².